The van der Waals surface area contributed by atoms with Crippen molar-refractivity contribution >= 4 is 0 Å². The average molecular weight is 197 g/mol. The van der Waals surface area contributed by atoms with Gasteiger partial charge in [-0.1, -0.05) is 27.7 Å². The Balaban J connectivity index is 2.39. The molecule has 0 aliphatic heterocycles. The molecule has 14 heavy (non-hydrogen) atoms. The quantitative estimate of drug-likeness (QED) is 0.732. The standard InChI is InChI=1S/C13H27N/c1-10(11-6-7-11)8-13(5,14)9-12(2,3)4/h10-11H,6-9,14H2,1-5H3. The Labute approximate surface area is 89.5 Å². The average Bonchev–Trinajstić information content (AvgIpc) is 2.57. The second-order valence-corrected chi connectivity index (χ2v) is 6.91. The molecule has 1 fully saturated rings. The molecule has 0 amide bonds. The van der Waals surface area contributed by atoms with Crippen molar-refractivity contribution in [2.75, 3.05) is 0 Å². The van der Waals surface area contributed by atoms with Gasteiger partial charge < -0.3 is 5.73 Å². The molecule has 2 unspecified atom stereocenters. The van der Waals surface area contributed by atoms with Crippen LogP contribution in [0.2, 0.25) is 0 Å². The normalized spacial score (nSPS) is 24.4. The van der Waals surface area contributed by atoms with Crippen LogP contribution in [0.3, 0.4) is 0 Å². The van der Waals surface area contributed by atoms with Crippen molar-refractivity contribution in [3.05, 3.63) is 0 Å². The van der Waals surface area contributed by atoms with Crippen LogP contribution in [0.25, 0.3) is 0 Å². The van der Waals surface area contributed by atoms with Crippen molar-refractivity contribution in [2.45, 2.75) is 65.8 Å². The zero-order valence-corrected chi connectivity index (χ0v) is 10.6. The Kier molecular flexibility index (Phi) is 3.30. The Bertz CT molecular complexity index is 184. The molecular formula is C13H27N. The van der Waals surface area contributed by atoms with Crippen molar-refractivity contribution in [3.8, 4) is 0 Å². The summed E-state index contributed by atoms with van der Waals surface area (Å²) in [6.07, 6.45) is 5.19. The highest BCUT2D eigenvalue weighted by molar-refractivity contribution is 4.89. The minimum Gasteiger partial charge on any atom is -0.325 e. The molecule has 0 aromatic carbocycles. The van der Waals surface area contributed by atoms with Crippen molar-refractivity contribution in [1.29, 1.82) is 0 Å². The van der Waals surface area contributed by atoms with Gasteiger partial charge in [-0.15, -0.1) is 0 Å². The predicted octanol–water partition coefficient (Wildman–Crippen LogP) is 3.58. The Morgan fingerprint density at radius 3 is 2.07 bits per heavy atom. The van der Waals surface area contributed by atoms with Gasteiger partial charge in [-0.25, -0.2) is 0 Å². The second-order valence-electron chi connectivity index (χ2n) is 6.91. The van der Waals surface area contributed by atoms with E-state index in [4.69, 9.17) is 5.73 Å². The highest BCUT2D eigenvalue weighted by Crippen LogP contribution is 2.41. The van der Waals surface area contributed by atoms with E-state index in [1.54, 1.807) is 0 Å². The van der Waals surface area contributed by atoms with E-state index in [-0.39, 0.29) is 5.54 Å². The zero-order chi connectivity index (χ0) is 11.0. The van der Waals surface area contributed by atoms with Crippen LogP contribution in [0.5, 0.6) is 0 Å². The van der Waals surface area contributed by atoms with E-state index in [9.17, 15) is 0 Å². The minimum absolute atomic E-state index is 0.0280. The first kappa shape index (κ1) is 12.0. The van der Waals surface area contributed by atoms with Crippen LogP contribution in [0.15, 0.2) is 0 Å². The highest BCUT2D eigenvalue weighted by Gasteiger charge is 2.34. The maximum absolute atomic E-state index is 6.37. The lowest BCUT2D eigenvalue weighted by Gasteiger charge is -2.34. The van der Waals surface area contributed by atoms with E-state index in [0.29, 0.717) is 5.41 Å². The summed E-state index contributed by atoms with van der Waals surface area (Å²) >= 11 is 0. The Morgan fingerprint density at radius 2 is 1.71 bits per heavy atom. The fourth-order valence-corrected chi connectivity index (χ4v) is 2.85. The van der Waals surface area contributed by atoms with Gasteiger partial charge in [-0.3, -0.25) is 0 Å². The summed E-state index contributed by atoms with van der Waals surface area (Å²) in [5.74, 6) is 1.81. The van der Waals surface area contributed by atoms with E-state index in [1.807, 2.05) is 0 Å². The van der Waals surface area contributed by atoms with E-state index < -0.39 is 0 Å². The Hall–Kier alpha value is -0.0400. The monoisotopic (exact) mass is 197 g/mol. The molecule has 2 atom stereocenters. The van der Waals surface area contributed by atoms with Crippen molar-refractivity contribution < 1.29 is 0 Å². The first-order valence-electron chi connectivity index (χ1n) is 5.98. The third-order valence-electron chi connectivity index (χ3n) is 3.15. The maximum atomic E-state index is 6.37. The molecule has 1 saturated carbocycles. The van der Waals surface area contributed by atoms with Crippen LogP contribution in [0, 0.1) is 17.3 Å². The van der Waals surface area contributed by atoms with E-state index in [2.05, 4.69) is 34.6 Å². The smallest absolute Gasteiger partial charge is 0.0133 e. The Morgan fingerprint density at radius 1 is 1.21 bits per heavy atom. The molecule has 0 radical (unpaired) electrons. The predicted molar refractivity (Wildman–Crippen MR) is 63.2 cm³/mol. The van der Waals surface area contributed by atoms with Gasteiger partial charge in [0.05, 0.1) is 0 Å². The maximum Gasteiger partial charge on any atom is 0.0133 e. The number of nitrogens with two attached hydrogens (primary N) is 1. The van der Waals surface area contributed by atoms with Gasteiger partial charge in [-0.05, 0) is 49.9 Å². The molecule has 1 nitrogen and oxygen atoms in total. The SMILES string of the molecule is CC(CC(C)(N)CC(C)(C)C)C1CC1. The van der Waals surface area contributed by atoms with E-state index >= 15 is 0 Å². The molecule has 0 bridgehead atoms. The van der Waals surface area contributed by atoms with Gasteiger partial charge in [-0.2, -0.15) is 0 Å². The van der Waals surface area contributed by atoms with E-state index in [0.717, 1.165) is 18.3 Å². The molecule has 0 spiro atoms. The minimum atomic E-state index is 0.0280. The third kappa shape index (κ3) is 4.45. The summed E-state index contributed by atoms with van der Waals surface area (Å²) in [4.78, 5) is 0. The van der Waals surface area contributed by atoms with Crippen LogP contribution in [0.4, 0.5) is 0 Å². The fraction of sp³-hybridized carbons (Fsp3) is 1.00. The third-order valence-corrected chi connectivity index (χ3v) is 3.15. The molecule has 0 aromatic rings. The topological polar surface area (TPSA) is 26.0 Å². The van der Waals surface area contributed by atoms with Crippen molar-refractivity contribution in [3.63, 3.8) is 0 Å². The van der Waals surface area contributed by atoms with Gasteiger partial charge in [0.15, 0.2) is 0 Å². The summed E-state index contributed by atoms with van der Waals surface area (Å²) in [6.45, 7) is 11.4. The summed E-state index contributed by atoms with van der Waals surface area (Å²) in [6, 6.07) is 0. The molecule has 0 aromatic heterocycles. The second kappa shape index (κ2) is 3.84. The van der Waals surface area contributed by atoms with Crippen LogP contribution in [-0.4, -0.2) is 5.54 Å². The fourth-order valence-electron chi connectivity index (χ4n) is 2.85. The summed E-state index contributed by atoms with van der Waals surface area (Å²) in [5, 5.41) is 0. The lowest BCUT2D eigenvalue weighted by atomic mass is 9.76. The first-order chi connectivity index (χ1) is 6.20. The van der Waals surface area contributed by atoms with Crippen LogP contribution < -0.4 is 5.73 Å². The molecule has 0 saturated heterocycles. The van der Waals surface area contributed by atoms with Crippen LogP contribution in [-0.2, 0) is 0 Å². The van der Waals surface area contributed by atoms with Gasteiger partial charge in [0.25, 0.3) is 0 Å². The molecule has 1 aliphatic carbocycles. The van der Waals surface area contributed by atoms with Crippen molar-refractivity contribution in [2.24, 2.45) is 23.0 Å². The first-order valence-corrected chi connectivity index (χ1v) is 5.98. The van der Waals surface area contributed by atoms with E-state index in [1.165, 1.54) is 19.3 Å². The number of rotatable bonds is 4. The molecule has 1 heteroatoms. The van der Waals surface area contributed by atoms with Gasteiger partial charge in [0.2, 0.25) is 0 Å². The molecule has 2 N–H and O–H groups in total. The molecular weight excluding hydrogens is 170 g/mol. The van der Waals surface area contributed by atoms with Gasteiger partial charge >= 0.3 is 0 Å². The summed E-state index contributed by atoms with van der Waals surface area (Å²) in [5.41, 5.74) is 6.75. The lowest BCUT2D eigenvalue weighted by molar-refractivity contribution is 0.226. The van der Waals surface area contributed by atoms with Gasteiger partial charge in [0.1, 0.15) is 0 Å². The highest BCUT2D eigenvalue weighted by atomic mass is 14.7. The molecule has 0 heterocycles. The number of hydrogen-bond acceptors (Lipinski definition) is 1. The number of hydrogen-bond donors (Lipinski definition) is 1. The lowest BCUT2D eigenvalue weighted by Crippen LogP contribution is -2.41. The molecule has 1 rings (SSSR count). The summed E-state index contributed by atoms with van der Waals surface area (Å²) < 4.78 is 0. The molecule has 84 valence electrons. The summed E-state index contributed by atoms with van der Waals surface area (Å²) in [7, 11) is 0. The molecule has 1 aliphatic rings. The largest absolute Gasteiger partial charge is 0.325 e. The van der Waals surface area contributed by atoms with Crippen LogP contribution in [0.1, 0.15) is 60.3 Å². The van der Waals surface area contributed by atoms with Crippen molar-refractivity contribution in [1.82, 2.24) is 0 Å². The van der Waals surface area contributed by atoms with Crippen LogP contribution >= 0.6 is 0 Å². The zero-order valence-electron chi connectivity index (χ0n) is 10.6. The van der Waals surface area contributed by atoms with Gasteiger partial charge in [0, 0.05) is 5.54 Å².